The van der Waals surface area contributed by atoms with E-state index in [1.54, 1.807) is 0 Å². The van der Waals surface area contributed by atoms with Gasteiger partial charge in [0.2, 0.25) is 0 Å². The van der Waals surface area contributed by atoms with Gasteiger partial charge in [-0.3, -0.25) is 0 Å². The van der Waals surface area contributed by atoms with Crippen LogP contribution >= 0.6 is 0 Å². The van der Waals surface area contributed by atoms with Crippen LogP contribution in [-0.4, -0.2) is 65.6 Å². The maximum Gasteiger partial charge on any atom is 0.435 e. The minimum absolute atomic E-state index is 0.0559. The average Bonchev–Trinajstić information content (AvgIpc) is 3.25. The average molecular weight is 624 g/mol. The predicted octanol–water partition coefficient (Wildman–Crippen LogP) is 2.72. The van der Waals surface area contributed by atoms with E-state index in [2.05, 4.69) is 10.6 Å². The van der Waals surface area contributed by atoms with Crippen molar-refractivity contribution in [1.82, 2.24) is 10.6 Å². The molecule has 6 nitrogen and oxygen atoms in total. The first-order chi connectivity index (χ1) is 19.1. The molecule has 3 atom stereocenters. The van der Waals surface area contributed by atoms with E-state index in [0.717, 1.165) is 30.3 Å². The Hall–Kier alpha value is -2.81. The molecule has 42 heavy (non-hydrogen) atoms. The van der Waals surface area contributed by atoms with Crippen molar-refractivity contribution in [3.05, 3.63) is 65.0 Å². The molecule has 0 radical (unpaired) electrons. The Kier molecular flexibility index (Phi) is 7.97. The Balaban J connectivity index is 1.85. The highest BCUT2D eigenvalue weighted by Crippen LogP contribution is 2.59. The molecule has 3 N–H and O–H groups in total. The highest BCUT2D eigenvalue weighted by atomic mass is 32.2. The van der Waals surface area contributed by atoms with E-state index in [9.17, 15) is 53.4 Å². The van der Waals surface area contributed by atoms with Gasteiger partial charge in [-0.15, -0.1) is 0 Å². The largest absolute Gasteiger partial charge is 0.435 e. The van der Waals surface area contributed by atoms with E-state index in [4.69, 9.17) is 0 Å². The number of nitrogens with one attached hydrogen (secondary N) is 2. The molecular weight excluding hydrogens is 598 g/mol. The third-order valence-corrected chi connectivity index (χ3v) is 10.6. The van der Waals surface area contributed by atoms with Crippen LogP contribution in [0, 0.1) is 11.7 Å². The first-order valence-corrected chi connectivity index (χ1v) is 14.4. The first-order valence-electron chi connectivity index (χ1n) is 12.9. The van der Waals surface area contributed by atoms with E-state index in [0.29, 0.717) is 12.1 Å². The summed E-state index contributed by atoms with van der Waals surface area (Å²) < 4.78 is 136. The Bertz CT molecular complexity index is 1450. The van der Waals surface area contributed by atoms with E-state index in [1.807, 2.05) is 0 Å². The summed E-state index contributed by atoms with van der Waals surface area (Å²) >= 11 is 0. The molecule has 228 valence electrons. The second-order valence-corrected chi connectivity index (χ2v) is 13.5. The maximum absolute atomic E-state index is 14.9. The molecule has 0 saturated heterocycles. The standard InChI is InChI=1S/C25H26B2F8N2O4S/c26-22(27,39)12-36-20(38)37-19-9-10-21(42(40,41)16-5-3-15(28)4-6-16)17-8-2-14(11-13(17)1-7-18(19)21)23(29,24(30,31)32)25(33,34)35/h2-6,8,11,18-19,39H,1,7,9-10,12,26-27H2,(H2,36,37,38)/t18-,19+,21+/m0/s1. The summed E-state index contributed by atoms with van der Waals surface area (Å²) in [5.74, 6) is -1.65. The zero-order valence-corrected chi connectivity index (χ0v) is 23.2. The zero-order chi connectivity index (χ0) is 31.5. The number of aryl methyl sites for hydroxylation is 1. The molecule has 2 aliphatic rings. The molecule has 2 aliphatic carbocycles. The summed E-state index contributed by atoms with van der Waals surface area (Å²) in [4.78, 5) is 12.2. The van der Waals surface area contributed by atoms with Gasteiger partial charge in [0.1, 0.15) is 26.3 Å². The number of hydrogen-bond donors (Lipinski definition) is 3. The molecule has 1 saturated carbocycles. The lowest BCUT2D eigenvalue weighted by atomic mass is 9.65. The van der Waals surface area contributed by atoms with Crippen molar-refractivity contribution in [2.24, 2.45) is 5.92 Å². The molecule has 0 bridgehead atoms. The summed E-state index contributed by atoms with van der Waals surface area (Å²) in [5.41, 5.74) is -7.75. The molecule has 0 spiro atoms. The molecule has 2 amide bonds. The van der Waals surface area contributed by atoms with Gasteiger partial charge in [-0.1, -0.05) is 18.2 Å². The minimum atomic E-state index is -6.35. The van der Waals surface area contributed by atoms with Gasteiger partial charge in [0.05, 0.1) is 4.90 Å². The van der Waals surface area contributed by atoms with Gasteiger partial charge in [0.25, 0.3) is 0 Å². The normalized spacial score (nSPS) is 23.2. The van der Waals surface area contributed by atoms with Crippen molar-refractivity contribution in [3.8, 4) is 0 Å². The number of sulfone groups is 1. The molecule has 2 aromatic carbocycles. The fraction of sp³-hybridized carbons (Fsp3) is 0.480. The van der Waals surface area contributed by atoms with Crippen LogP contribution in [0.25, 0.3) is 0 Å². The molecule has 0 aliphatic heterocycles. The predicted molar refractivity (Wildman–Crippen MR) is 140 cm³/mol. The van der Waals surface area contributed by atoms with E-state index in [1.165, 1.54) is 15.7 Å². The topological polar surface area (TPSA) is 95.5 Å². The highest BCUT2D eigenvalue weighted by molar-refractivity contribution is 7.92. The van der Waals surface area contributed by atoms with Crippen LogP contribution in [0.1, 0.15) is 36.0 Å². The second kappa shape index (κ2) is 10.4. The third kappa shape index (κ3) is 5.26. The summed E-state index contributed by atoms with van der Waals surface area (Å²) in [6.07, 6.45) is -13.1. The van der Waals surface area contributed by atoms with Crippen molar-refractivity contribution < 1.29 is 53.4 Å². The van der Waals surface area contributed by atoms with Crippen LogP contribution in [0.5, 0.6) is 0 Å². The number of hydrogen-bond acceptors (Lipinski definition) is 4. The monoisotopic (exact) mass is 624 g/mol. The number of carbonyl (C=O) groups excluding carboxylic acids is 1. The van der Waals surface area contributed by atoms with Gasteiger partial charge in [-0.25, -0.2) is 22.0 Å². The lowest BCUT2D eigenvalue weighted by Gasteiger charge is -2.43. The number of urea groups is 1. The van der Waals surface area contributed by atoms with Gasteiger partial charge in [-0.2, -0.15) is 26.3 Å². The van der Waals surface area contributed by atoms with Crippen LogP contribution in [0.15, 0.2) is 47.4 Å². The molecule has 0 aromatic heterocycles. The first kappa shape index (κ1) is 32.1. The van der Waals surface area contributed by atoms with Crippen LogP contribution < -0.4 is 10.6 Å². The summed E-state index contributed by atoms with van der Waals surface area (Å²) in [6, 6.07) is 3.73. The smallest absolute Gasteiger partial charge is 0.406 e. The quantitative estimate of drug-likeness (QED) is 0.262. The van der Waals surface area contributed by atoms with Crippen molar-refractivity contribution in [3.63, 3.8) is 0 Å². The van der Waals surface area contributed by atoms with Crippen LogP contribution in [-0.2, 0) is 26.7 Å². The summed E-state index contributed by atoms with van der Waals surface area (Å²) in [7, 11) is -1.63. The molecule has 17 heteroatoms. The molecule has 1 fully saturated rings. The Morgan fingerprint density at radius 2 is 1.57 bits per heavy atom. The Morgan fingerprint density at radius 3 is 2.12 bits per heavy atom. The van der Waals surface area contributed by atoms with Gasteiger partial charge < -0.3 is 15.7 Å². The van der Waals surface area contributed by atoms with Crippen LogP contribution in [0.4, 0.5) is 39.9 Å². The number of amides is 2. The second-order valence-electron chi connectivity index (χ2n) is 11.3. The van der Waals surface area contributed by atoms with Crippen LogP contribution in [0.3, 0.4) is 0 Å². The minimum Gasteiger partial charge on any atom is -0.406 e. The number of alkyl halides is 7. The Morgan fingerprint density at radius 1 is 0.976 bits per heavy atom. The van der Waals surface area contributed by atoms with Gasteiger partial charge in [0.15, 0.2) is 9.84 Å². The molecular formula is C25H26B2F8N2O4S. The van der Waals surface area contributed by atoms with Gasteiger partial charge in [-0.05, 0) is 61.1 Å². The lowest BCUT2D eigenvalue weighted by Crippen LogP contribution is -2.53. The third-order valence-electron chi connectivity index (χ3n) is 7.98. The summed E-state index contributed by atoms with van der Waals surface area (Å²) in [6.45, 7) is -0.149. The van der Waals surface area contributed by atoms with Gasteiger partial charge in [0, 0.05) is 29.5 Å². The SMILES string of the molecule is BC(B)(O)CNC(=O)N[C@@H]1CC[C@@]2(S(=O)(=O)c3ccc(F)cc3)c3ccc(C(F)(C(F)(F)F)C(F)(F)F)cc3CC[C@@H]12. The van der Waals surface area contributed by atoms with Crippen molar-refractivity contribution in [1.29, 1.82) is 0 Å². The molecule has 2 aromatic rings. The fourth-order valence-corrected chi connectivity index (χ4v) is 8.54. The maximum atomic E-state index is 14.9. The summed E-state index contributed by atoms with van der Waals surface area (Å²) in [5, 5.41) is 13.8. The zero-order valence-electron chi connectivity index (χ0n) is 22.3. The fourth-order valence-electron chi connectivity index (χ4n) is 6.07. The highest BCUT2D eigenvalue weighted by Gasteiger charge is 2.73. The number of carbonyl (C=O) groups is 1. The Labute approximate surface area is 238 Å². The van der Waals surface area contributed by atoms with Gasteiger partial charge >= 0.3 is 24.1 Å². The molecule has 4 rings (SSSR count). The number of fused-ring (bicyclic) bond motifs is 3. The number of halogens is 8. The van der Waals surface area contributed by atoms with Crippen molar-refractivity contribution >= 4 is 31.6 Å². The molecule has 0 unspecified atom stereocenters. The number of rotatable bonds is 6. The number of benzene rings is 2. The lowest BCUT2D eigenvalue weighted by molar-refractivity contribution is -0.348. The van der Waals surface area contributed by atoms with E-state index >= 15 is 0 Å². The van der Waals surface area contributed by atoms with Crippen molar-refractivity contribution in [2.75, 3.05) is 6.54 Å². The molecule has 0 heterocycles. The van der Waals surface area contributed by atoms with Crippen LogP contribution in [0.2, 0.25) is 0 Å². The van der Waals surface area contributed by atoms with Crippen molar-refractivity contribution in [2.45, 2.75) is 64.8 Å². The van der Waals surface area contributed by atoms with E-state index in [-0.39, 0.29) is 48.3 Å². The van der Waals surface area contributed by atoms with E-state index < -0.39 is 67.4 Å². The number of aliphatic hydroxyl groups is 1.